The maximum absolute atomic E-state index is 12.0. The number of hydrogen-bond acceptors (Lipinski definition) is 5. The third-order valence-corrected chi connectivity index (χ3v) is 3.87. The van der Waals surface area contributed by atoms with E-state index >= 15 is 0 Å². The lowest BCUT2D eigenvalue weighted by molar-refractivity contribution is -0.384. The smallest absolute Gasteiger partial charge is 0.363 e. The summed E-state index contributed by atoms with van der Waals surface area (Å²) in [6, 6.07) is 10.8. The number of nitro groups is 1. The molecule has 1 aliphatic heterocycles. The number of benzene rings is 2. The number of cyclic esters (lactones) is 1. The highest BCUT2D eigenvalue weighted by molar-refractivity contribution is 6.35. The standard InChI is InChI=1S/C16H8Cl2N2O4/c17-12-4-2-1-3-9(12)7-14-16(21)24-15(19-14)11-6-5-10(20(22)23)8-13(11)18/h1-8H/b14-7+. The Balaban J connectivity index is 1.98. The molecular formula is C16H8Cl2N2O4. The molecule has 0 bridgehead atoms. The van der Waals surface area contributed by atoms with Crippen molar-refractivity contribution in [3.63, 3.8) is 0 Å². The summed E-state index contributed by atoms with van der Waals surface area (Å²) < 4.78 is 5.10. The average Bonchev–Trinajstić information content (AvgIpc) is 2.90. The Labute approximate surface area is 146 Å². The van der Waals surface area contributed by atoms with Gasteiger partial charge in [-0.25, -0.2) is 9.79 Å². The van der Waals surface area contributed by atoms with Gasteiger partial charge in [0.1, 0.15) is 0 Å². The summed E-state index contributed by atoms with van der Waals surface area (Å²) in [5.74, 6) is -0.669. The maximum Gasteiger partial charge on any atom is 0.363 e. The van der Waals surface area contributed by atoms with Crippen LogP contribution in [0.2, 0.25) is 10.0 Å². The molecule has 0 amide bonds. The van der Waals surface area contributed by atoms with Crippen LogP contribution >= 0.6 is 23.2 Å². The Bertz CT molecular complexity index is 922. The molecule has 6 nitrogen and oxygen atoms in total. The molecule has 0 fully saturated rings. The van der Waals surface area contributed by atoms with Crippen LogP contribution in [0.25, 0.3) is 6.08 Å². The predicted molar refractivity (Wildman–Crippen MR) is 90.2 cm³/mol. The van der Waals surface area contributed by atoms with Crippen LogP contribution in [-0.4, -0.2) is 16.8 Å². The second kappa shape index (κ2) is 6.43. The summed E-state index contributed by atoms with van der Waals surface area (Å²) in [6.45, 7) is 0. The van der Waals surface area contributed by atoms with Gasteiger partial charge in [-0.1, -0.05) is 41.4 Å². The fourth-order valence-corrected chi connectivity index (χ4v) is 2.50. The van der Waals surface area contributed by atoms with E-state index in [0.29, 0.717) is 10.6 Å². The Morgan fingerprint density at radius 1 is 1.12 bits per heavy atom. The summed E-state index contributed by atoms with van der Waals surface area (Å²) in [5.41, 5.74) is 0.803. The first kappa shape index (κ1) is 16.2. The monoisotopic (exact) mass is 362 g/mol. The topological polar surface area (TPSA) is 81.8 Å². The number of aliphatic imine (C=N–C) groups is 1. The fraction of sp³-hybridized carbons (Fsp3) is 0. The highest BCUT2D eigenvalue weighted by atomic mass is 35.5. The first-order valence-corrected chi connectivity index (χ1v) is 7.42. The first-order chi connectivity index (χ1) is 11.5. The molecule has 0 radical (unpaired) electrons. The van der Waals surface area contributed by atoms with Gasteiger partial charge >= 0.3 is 5.97 Å². The second-order valence-corrected chi connectivity index (χ2v) is 5.59. The molecule has 0 spiro atoms. The Morgan fingerprint density at radius 3 is 2.54 bits per heavy atom. The van der Waals surface area contributed by atoms with Crippen LogP contribution in [0, 0.1) is 10.1 Å². The number of rotatable bonds is 3. The average molecular weight is 363 g/mol. The zero-order valence-electron chi connectivity index (χ0n) is 11.9. The maximum atomic E-state index is 12.0. The molecule has 1 heterocycles. The number of nitro benzene ring substituents is 1. The van der Waals surface area contributed by atoms with E-state index in [4.69, 9.17) is 27.9 Å². The first-order valence-electron chi connectivity index (χ1n) is 6.67. The van der Waals surface area contributed by atoms with Gasteiger partial charge in [-0.15, -0.1) is 0 Å². The molecule has 2 aromatic carbocycles. The van der Waals surface area contributed by atoms with E-state index in [9.17, 15) is 14.9 Å². The van der Waals surface area contributed by atoms with E-state index in [-0.39, 0.29) is 27.9 Å². The van der Waals surface area contributed by atoms with Gasteiger partial charge in [0.2, 0.25) is 5.90 Å². The van der Waals surface area contributed by atoms with Crippen molar-refractivity contribution in [3.05, 3.63) is 79.4 Å². The largest absolute Gasteiger partial charge is 0.402 e. The molecule has 0 saturated carbocycles. The molecular weight excluding hydrogens is 355 g/mol. The Hall–Kier alpha value is -2.70. The normalized spacial score (nSPS) is 15.3. The van der Waals surface area contributed by atoms with Gasteiger partial charge in [-0.3, -0.25) is 10.1 Å². The molecule has 1 aliphatic rings. The van der Waals surface area contributed by atoms with E-state index in [0.717, 1.165) is 0 Å². The van der Waals surface area contributed by atoms with E-state index in [1.54, 1.807) is 24.3 Å². The van der Waals surface area contributed by atoms with Gasteiger partial charge in [-0.2, -0.15) is 0 Å². The van der Waals surface area contributed by atoms with E-state index in [2.05, 4.69) is 4.99 Å². The zero-order chi connectivity index (χ0) is 17.3. The van der Waals surface area contributed by atoms with Gasteiger partial charge < -0.3 is 4.74 Å². The molecule has 120 valence electrons. The number of ether oxygens (including phenoxy) is 1. The van der Waals surface area contributed by atoms with Crippen LogP contribution in [0.3, 0.4) is 0 Å². The fourth-order valence-electron chi connectivity index (χ4n) is 2.05. The van der Waals surface area contributed by atoms with Crippen molar-refractivity contribution in [1.29, 1.82) is 0 Å². The van der Waals surface area contributed by atoms with Crippen LogP contribution < -0.4 is 0 Å². The summed E-state index contributed by atoms with van der Waals surface area (Å²) in [7, 11) is 0. The van der Waals surface area contributed by atoms with Crippen molar-refractivity contribution in [2.75, 3.05) is 0 Å². The van der Waals surface area contributed by atoms with Gasteiger partial charge in [0.25, 0.3) is 5.69 Å². The van der Waals surface area contributed by atoms with Crippen molar-refractivity contribution < 1.29 is 14.5 Å². The van der Waals surface area contributed by atoms with Crippen molar-refractivity contribution >= 4 is 46.8 Å². The number of carbonyl (C=O) groups excluding carboxylic acids is 1. The van der Waals surface area contributed by atoms with Crippen molar-refractivity contribution in [2.24, 2.45) is 4.99 Å². The van der Waals surface area contributed by atoms with Gasteiger partial charge in [0.15, 0.2) is 5.70 Å². The molecule has 0 atom stereocenters. The summed E-state index contributed by atoms with van der Waals surface area (Å²) >= 11 is 12.1. The van der Waals surface area contributed by atoms with E-state index in [1.165, 1.54) is 24.3 Å². The molecule has 24 heavy (non-hydrogen) atoms. The lowest BCUT2D eigenvalue weighted by Gasteiger charge is -2.02. The highest BCUT2D eigenvalue weighted by Crippen LogP contribution is 2.28. The van der Waals surface area contributed by atoms with Gasteiger partial charge in [0.05, 0.1) is 15.5 Å². The predicted octanol–water partition coefficient (Wildman–Crippen LogP) is 4.25. The van der Waals surface area contributed by atoms with Crippen LogP contribution in [0.1, 0.15) is 11.1 Å². The third kappa shape index (κ3) is 3.15. The quantitative estimate of drug-likeness (QED) is 0.353. The third-order valence-electron chi connectivity index (χ3n) is 3.21. The van der Waals surface area contributed by atoms with Crippen molar-refractivity contribution in [2.45, 2.75) is 0 Å². The number of halogens is 2. The minimum absolute atomic E-state index is 0.0156. The second-order valence-electron chi connectivity index (χ2n) is 4.78. The summed E-state index contributed by atoms with van der Waals surface area (Å²) in [4.78, 5) is 26.2. The molecule has 0 saturated heterocycles. The van der Waals surface area contributed by atoms with Crippen LogP contribution in [0.15, 0.2) is 53.2 Å². The summed E-state index contributed by atoms with van der Waals surface area (Å²) in [5, 5.41) is 11.3. The van der Waals surface area contributed by atoms with Crippen molar-refractivity contribution in [3.8, 4) is 0 Å². The molecule has 2 aromatic rings. The van der Waals surface area contributed by atoms with Gasteiger partial charge in [-0.05, 0) is 23.8 Å². The van der Waals surface area contributed by atoms with E-state index < -0.39 is 10.9 Å². The molecule has 0 N–H and O–H groups in total. The van der Waals surface area contributed by atoms with Crippen LogP contribution in [-0.2, 0) is 9.53 Å². The molecule has 0 aromatic heterocycles. The molecule has 0 unspecified atom stereocenters. The van der Waals surface area contributed by atoms with E-state index in [1.807, 2.05) is 0 Å². The van der Waals surface area contributed by atoms with Crippen molar-refractivity contribution in [1.82, 2.24) is 0 Å². The molecule has 0 aliphatic carbocycles. The molecule has 8 heteroatoms. The molecule has 3 rings (SSSR count). The Morgan fingerprint density at radius 2 is 1.88 bits per heavy atom. The zero-order valence-corrected chi connectivity index (χ0v) is 13.4. The lowest BCUT2D eigenvalue weighted by Crippen LogP contribution is -2.06. The number of non-ortho nitro benzene ring substituents is 1. The van der Waals surface area contributed by atoms with Gasteiger partial charge in [0, 0.05) is 17.2 Å². The number of hydrogen-bond donors (Lipinski definition) is 0. The lowest BCUT2D eigenvalue weighted by atomic mass is 10.2. The van der Waals surface area contributed by atoms with Crippen LogP contribution in [0.4, 0.5) is 5.69 Å². The SMILES string of the molecule is O=C1OC(c2ccc([N+](=O)[O-])cc2Cl)=N/C1=C/c1ccccc1Cl. The number of esters is 1. The number of nitrogens with zero attached hydrogens (tertiary/aromatic N) is 2. The highest BCUT2D eigenvalue weighted by Gasteiger charge is 2.26. The summed E-state index contributed by atoms with van der Waals surface area (Å²) in [6.07, 6.45) is 1.50. The minimum atomic E-state index is -0.653. The van der Waals surface area contributed by atoms with Crippen LogP contribution in [0.5, 0.6) is 0 Å². The Kier molecular flexibility index (Phi) is 4.33. The number of carbonyl (C=O) groups is 1. The minimum Gasteiger partial charge on any atom is -0.402 e.